The normalized spacial score (nSPS) is 19.1. The molecule has 1 heterocycles. The van der Waals surface area contributed by atoms with E-state index >= 15 is 0 Å². The first-order valence-electron chi connectivity index (χ1n) is 5.37. The first kappa shape index (κ1) is 11.1. The molecule has 2 amide bonds. The lowest BCUT2D eigenvalue weighted by Gasteiger charge is -2.22. The van der Waals surface area contributed by atoms with Gasteiger partial charge in [-0.25, -0.2) is 4.79 Å². The summed E-state index contributed by atoms with van der Waals surface area (Å²) in [7, 11) is 0. The molecule has 1 aromatic heterocycles. The van der Waals surface area contributed by atoms with E-state index in [-0.39, 0.29) is 17.9 Å². The molecule has 1 aromatic rings. The highest BCUT2D eigenvalue weighted by Crippen LogP contribution is 2.33. The number of carbonyl (C=O) groups is 2. The Balaban J connectivity index is 2.11. The van der Waals surface area contributed by atoms with Gasteiger partial charge in [0.25, 0.3) is 0 Å². The van der Waals surface area contributed by atoms with Crippen LogP contribution >= 0.6 is 11.3 Å². The SMILES string of the molecule is CCNC(=O)NC1CCC(=O)c2sccc21. The molecular formula is C11H14N2O2S. The summed E-state index contributed by atoms with van der Waals surface area (Å²) < 4.78 is 0. The summed E-state index contributed by atoms with van der Waals surface area (Å²) in [5, 5.41) is 7.49. The Morgan fingerprint density at radius 2 is 2.44 bits per heavy atom. The molecule has 1 atom stereocenters. The minimum atomic E-state index is -0.168. The average Bonchev–Trinajstić information content (AvgIpc) is 2.72. The molecule has 0 saturated heterocycles. The molecule has 0 fully saturated rings. The van der Waals surface area contributed by atoms with Crippen molar-refractivity contribution in [3.05, 3.63) is 21.9 Å². The smallest absolute Gasteiger partial charge is 0.315 e. The van der Waals surface area contributed by atoms with Crippen LogP contribution in [0.25, 0.3) is 0 Å². The zero-order chi connectivity index (χ0) is 11.5. The van der Waals surface area contributed by atoms with Crippen molar-refractivity contribution in [2.24, 2.45) is 0 Å². The predicted octanol–water partition coefficient (Wildman–Crippen LogP) is 2.08. The molecule has 0 aliphatic heterocycles. The number of hydrogen-bond acceptors (Lipinski definition) is 3. The van der Waals surface area contributed by atoms with Crippen LogP contribution in [0.15, 0.2) is 11.4 Å². The summed E-state index contributed by atoms with van der Waals surface area (Å²) in [5.74, 6) is 0.193. The van der Waals surface area contributed by atoms with Crippen LogP contribution in [-0.2, 0) is 0 Å². The van der Waals surface area contributed by atoms with E-state index in [1.807, 2.05) is 18.4 Å². The summed E-state index contributed by atoms with van der Waals surface area (Å²) in [4.78, 5) is 23.8. The number of rotatable bonds is 2. The van der Waals surface area contributed by atoms with Crippen molar-refractivity contribution in [1.29, 1.82) is 0 Å². The van der Waals surface area contributed by atoms with Crippen molar-refractivity contribution in [3.63, 3.8) is 0 Å². The van der Waals surface area contributed by atoms with Gasteiger partial charge < -0.3 is 10.6 Å². The molecule has 1 unspecified atom stereocenters. The Labute approximate surface area is 98.0 Å². The molecule has 0 bridgehead atoms. The number of amides is 2. The van der Waals surface area contributed by atoms with Crippen molar-refractivity contribution in [3.8, 4) is 0 Å². The number of ketones is 1. The van der Waals surface area contributed by atoms with Gasteiger partial charge in [-0.15, -0.1) is 11.3 Å². The standard InChI is InChI=1S/C11H14N2O2S/c1-2-12-11(15)13-8-3-4-9(14)10-7(8)5-6-16-10/h5-6,8H,2-4H2,1H3,(H2,12,13,15). The molecule has 0 saturated carbocycles. The van der Waals surface area contributed by atoms with Crippen LogP contribution < -0.4 is 10.6 Å². The van der Waals surface area contributed by atoms with E-state index in [1.165, 1.54) is 11.3 Å². The van der Waals surface area contributed by atoms with Gasteiger partial charge >= 0.3 is 6.03 Å². The van der Waals surface area contributed by atoms with E-state index < -0.39 is 0 Å². The Morgan fingerprint density at radius 1 is 1.62 bits per heavy atom. The van der Waals surface area contributed by atoms with Gasteiger partial charge in [0.2, 0.25) is 0 Å². The van der Waals surface area contributed by atoms with Gasteiger partial charge in [-0.3, -0.25) is 4.79 Å². The molecule has 86 valence electrons. The first-order valence-corrected chi connectivity index (χ1v) is 6.25. The predicted molar refractivity (Wildman–Crippen MR) is 62.8 cm³/mol. The van der Waals surface area contributed by atoms with E-state index in [2.05, 4.69) is 10.6 Å². The lowest BCUT2D eigenvalue weighted by atomic mass is 9.93. The van der Waals surface area contributed by atoms with Crippen LogP contribution in [0.4, 0.5) is 4.79 Å². The van der Waals surface area contributed by atoms with Gasteiger partial charge in [0, 0.05) is 13.0 Å². The fourth-order valence-electron chi connectivity index (χ4n) is 1.88. The lowest BCUT2D eigenvalue weighted by molar-refractivity contribution is 0.0968. The zero-order valence-corrected chi connectivity index (χ0v) is 9.89. The molecule has 2 rings (SSSR count). The van der Waals surface area contributed by atoms with Crippen LogP contribution in [-0.4, -0.2) is 18.4 Å². The maximum atomic E-state index is 11.6. The fraction of sp³-hybridized carbons (Fsp3) is 0.455. The molecule has 16 heavy (non-hydrogen) atoms. The third kappa shape index (κ3) is 2.09. The van der Waals surface area contributed by atoms with Gasteiger partial charge in [-0.1, -0.05) is 0 Å². The Kier molecular flexibility index (Phi) is 3.24. The number of thiophene rings is 1. The van der Waals surface area contributed by atoms with E-state index in [0.29, 0.717) is 19.4 Å². The largest absolute Gasteiger partial charge is 0.338 e. The topological polar surface area (TPSA) is 58.2 Å². The molecular weight excluding hydrogens is 224 g/mol. The first-order chi connectivity index (χ1) is 7.72. The van der Waals surface area contributed by atoms with Gasteiger partial charge in [0.15, 0.2) is 5.78 Å². The van der Waals surface area contributed by atoms with E-state index in [1.54, 1.807) is 0 Å². The van der Waals surface area contributed by atoms with Crippen LogP contribution in [0, 0.1) is 0 Å². The third-order valence-corrected chi connectivity index (χ3v) is 3.60. The van der Waals surface area contributed by atoms with E-state index in [4.69, 9.17) is 0 Å². The lowest BCUT2D eigenvalue weighted by Crippen LogP contribution is -2.39. The van der Waals surface area contributed by atoms with Crippen LogP contribution in [0.1, 0.15) is 41.0 Å². The maximum absolute atomic E-state index is 11.6. The number of urea groups is 1. The Morgan fingerprint density at radius 3 is 3.19 bits per heavy atom. The number of carbonyl (C=O) groups excluding carboxylic acids is 2. The minimum absolute atomic E-state index is 0.0227. The third-order valence-electron chi connectivity index (χ3n) is 2.63. The summed E-state index contributed by atoms with van der Waals surface area (Å²) in [6.45, 7) is 2.48. The highest BCUT2D eigenvalue weighted by Gasteiger charge is 2.27. The number of fused-ring (bicyclic) bond motifs is 1. The second-order valence-electron chi connectivity index (χ2n) is 3.72. The van der Waals surface area contributed by atoms with Gasteiger partial charge in [-0.05, 0) is 30.4 Å². The maximum Gasteiger partial charge on any atom is 0.315 e. The van der Waals surface area contributed by atoms with Crippen LogP contribution in [0.3, 0.4) is 0 Å². The average molecular weight is 238 g/mol. The highest BCUT2D eigenvalue weighted by atomic mass is 32.1. The second kappa shape index (κ2) is 4.65. The van der Waals surface area contributed by atoms with Gasteiger partial charge in [0.05, 0.1) is 10.9 Å². The Hall–Kier alpha value is -1.36. The van der Waals surface area contributed by atoms with Gasteiger partial charge in [-0.2, -0.15) is 0 Å². The zero-order valence-electron chi connectivity index (χ0n) is 9.08. The van der Waals surface area contributed by atoms with Crippen molar-refractivity contribution >= 4 is 23.2 Å². The molecule has 5 heteroatoms. The summed E-state index contributed by atoms with van der Waals surface area (Å²) >= 11 is 1.46. The van der Waals surface area contributed by atoms with Crippen LogP contribution in [0.2, 0.25) is 0 Å². The number of hydrogen-bond donors (Lipinski definition) is 2. The van der Waals surface area contributed by atoms with Crippen molar-refractivity contribution < 1.29 is 9.59 Å². The van der Waals surface area contributed by atoms with Crippen molar-refractivity contribution in [1.82, 2.24) is 10.6 Å². The fourth-order valence-corrected chi connectivity index (χ4v) is 2.82. The number of nitrogens with one attached hydrogen (secondary N) is 2. The van der Waals surface area contributed by atoms with E-state index in [9.17, 15) is 9.59 Å². The molecule has 0 spiro atoms. The quantitative estimate of drug-likeness (QED) is 0.828. The summed E-state index contributed by atoms with van der Waals surface area (Å²) in [6.07, 6.45) is 1.21. The highest BCUT2D eigenvalue weighted by molar-refractivity contribution is 7.12. The van der Waals surface area contributed by atoms with Crippen molar-refractivity contribution in [2.45, 2.75) is 25.8 Å². The molecule has 4 nitrogen and oxygen atoms in total. The molecule has 1 aliphatic carbocycles. The monoisotopic (exact) mass is 238 g/mol. The molecule has 0 radical (unpaired) electrons. The Bertz CT molecular complexity index is 414. The summed E-state index contributed by atoms with van der Waals surface area (Å²) in [5.41, 5.74) is 0.965. The molecule has 1 aliphatic rings. The summed E-state index contributed by atoms with van der Waals surface area (Å²) in [6, 6.07) is 1.73. The van der Waals surface area contributed by atoms with Crippen LogP contribution in [0.5, 0.6) is 0 Å². The molecule has 2 N–H and O–H groups in total. The van der Waals surface area contributed by atoms with Crippen molar-refractivity contribution in [2.75, 3.05) is 6.54 Å². The second-order valence-corrected chi connectivity index (χ2v) is 4.64. The van der Waals surface area contributed by atoms with Gasteiger partial charge in [0.1, 0.15) is 0 Å². The minimum Gasteiger partial charge on any atom is -0.338 e. The number of Topliss-reactive ketones (excluding diaryl/α,β-unsaturated/α-hetero) is 1. The molecule has 0 aromatic carbocycles. The van der Waals surface area contributed by atoms with E-state index in [0.717, 1.165) is 10.4 Å².